The van der Waals surface area contributed by atoms with Gasteiger partial charge in [-0.15, -0.1) is 0 Å². The number of fused-ring (bicyclic) bond motifs is 1. The minimum Gasteiger partial charge on any atom is -0.398 e. The summed E-state index contributed by atoms with van der Waals surface area (Å²) in [7, 11) is 0. The molecular weight excluding hydrogens is 340 g/mol. The Morgan fingerprint density at radius 2 is 2.05 bits per heavy atom. The van der Waals surface area contributed by atoms with Crippen molar-refractivity contribution in [2.75, 3.05) is 5.73 Å². The van der Waals surface area contributed by atoms with E-state index in [2.05, 4.69) is 20.9 Å². The molecule has 0 aliphatic heterocycles. The van der Waals surface area contributed by atoms with Crippen LogP contribution in [-0.2, 0) is 0 Å². The molecule has 1 heterocycles. The number of anilines is 1. The van der Waals surface area contributed by atoms with Crippen LogP contribution >= 0.6 is 27.5 Å². The van der Waals surface area contributed by atoms with Gasteiger partial charge in [0.05, 0.1) is 10.5 Å². The van der Waals surface area contributed by atoms with Gasteiger partial charge in [0.15, 0.2) is 5.78 Å². The van der Waals surface area contributed by atoms with Gasteiger partial charge in [-0.25, -0.2) is 0 Å². The van der Waals surface area contributed by atoms with E-state index in [1.807, 2.05) is 12.1 Å². The molecule has 3 rings (SSSR count). The third kappa shape index (κ3) is 2.11. The molecule has 20 heavy (non-hydrogen) atoms. The van der Waals surface area contributed by atoms with Crippen LogP contribution in [0.25, 0.3) is 10.9 Å². The molecule has 0 atom stereocenters. The predicted octanol–water partition coefficient (Wildman–Crippen LogP) is 4.40. The molecule has 0 amide bonds. The second-order valence-corrected chi connectivity index (χ2v) is 5.69. The SMILES string of the molecule is Nc1cc(C(=O)c2c[nH]c3c(Cl)cccc23)ccc1Br. The number of hydrogen-bond donors (Lipinski definition) is 2. The van der Waals surface area contributed by atoms with E-state index in [0.717, 1.165) is 15.4 Å². The Hall–Kier alpha value is -1.78. The van der Waals surface area contributed by atoms with Crippen molar-refractivity contribution in [3.05, 3.63) is 63.2 Å². The molecule has 3 aromatic rings. The number of para-hydroxylation sites is 1. The van der Waals surface area contributed by atoms with Gasteiger partial charge in [-0.1, -0.05) is 23.7 Å². The van der Waals surface area contributed by atoms with Crippen LogP contribution in [0.1, 0.15) is 15.9 Å². The quantitative estimate of drug-likeness (QED) is 0.532. The van der Waals surface area contributed by atoms with Gasteiger partial charge in [-0.3, -0.25) is 4.79 Å². The predicted molar refractivity (Wildman–Crippen MR) is 85.3 cm³/mol. The summed E-state index contributed by atoms with van der Waals surface area (Å²) in [6.45, 7) is 0. The molecule has 3 N–H and O–H groups in total. The summed E-state index contributed by atoms with van der Waals surface area (Å²) in [6.07, 6.45) is 1.68. The highest BCUT2D eigenvalue weighted by Gasteiger charge is 2.15. The lowest BCUT2D eigenvalue weighted by molar-refractivity contribution is 0.104. The lowest BCUT2D eigenvalue weighted by Gasteiger charge is -2.03. The molecule has 0 spiro atoms. The molecule has 0 aliphatic rings. The van der Waals surface area contributed by atoms with E-state index in [4.69, 9.17) is 17.3 Å². The summed E-state index contributed by atoms with van der Waals surface area (Å²) in [5.41, 5.74) is 8.26. The van der Waals surface area contributed by atoms with Crippen molar-refractivity contribution >= 4 is 49.9 Å². The molecule has 100 valence electrons. The molecule has 0 radical (unpaired) electrons. The summed E-state index contributed by atoms with van der Waals surface area (Å²) < 4.78 is 0.774. The van der Waals surface area contributed by atoms with Gasteiger partial charge in [-0.2, -0.15) is 0 Å². The molecule has 3 nitrogen and oxygen atoms in total. The van der Waals surface area contributed by atoms with Gasteiger partial charge in [0.1, 0.15) is 0 Å². The summed E-state index contributed by atoms with van der Waals surface area (Å²) in [5.74, 6) is -0.0854. The number of carbonyl (C=O) groups excluding carboxylic acids is 1. The highest BCUT2D eigenvalue weighted by Crippen LogP contribution is 2.28. The first-order valence-corrected chi connectivity index (χ1v) is 7.10. The topological polar surface area (TPSA) is 58.9 Å². The van der Waals surface area contributed by atoms with Crippen LogP contribution < -0.4 is 5.73 Å². The third-order valence-electron chi connectivity index (χ3n) is 3.17. The van der Waals surface area contributed by atoms with Crippen molar-refractivity contribution in [3.63, 3.8) is 0 Å². The molecular formula is C15H10BrClN2O. The zero-order valence-corrected chi connectivity index (χ0v) is 12.6. The number of rotatable bonds is 2. The van der Waals surface area contributed by atoms with Crippen molar-refractivity contribution in [2.45, 2.75) is 0 Å². The summed E-state index contributed by atoms with van der Waals surface area (Å²) >= 11 is 9.41. The first kappa shape index (κ1) is 13.2. The van der Waals surface area contributed by atoms with Crippen molar-refractivity contribution in [1.82, 2.24) is 4.98 Å². The van der Waals surface area contributed by atoms with Gasteiger partial charge in [-0.05, 0) is 40.2 Å². The van der Waals surface area contributed by atoms with E-state index in [0.29, 0.717) is 21.8 Å². The van der Waals surface area contributed by atoms with E-state index in [9.17, 15) is 4.79 Å². The van der Waals surface area contributed by atoms with E-state index in [1.54, 1.807) is 30.5 Å². The zero-order chi connectivity index (χ0) is 14.3. The number of nitrogens with two attached hydrogens (primary N) is 1. The summed E-state index contributed by atoms with van der Waals surface area (Å²) in [4.78, 5) is 15.6. The molecule has 0 saturated heterocycles. The van der Waals surface area contributed by atoms with Crippen molar-refractivity contribution in [1.29, 1.82) is 0 Å². The Kier molecular flexibility index (Phi) is 3.28. The van der Waals surface area contributed by atoms with E-state index < -0.39 is 0 Å². The number of ketones is 1. The van der Waals surface area contributed by atoms with Gasteiger partial charge in [0.25, 0.3) is 0 Å². The first-order valence-electron chi connectivity index (χ1n) is 5.93. The van der Waals surface area contributed by atoms with Crippen LogP contribution in [0.2, 0.25) is 5.02 Å². The van der Waals surface area contributed by atoms with Crippen LogP contribution in [0.3, 0.4) is 0 Å². The number of nitrogen functional groups attached to an aromatic ring is 1. The van der Waals surface area contributed by atoms with Gasteiger partial charge >= 0.3 is 0 Å². The molecule has 0 bridgehead atoms. The number of aromatic nitrogens is 1. The smallest absolute Gasteiger partial charge is 0.195 e. The molecule has 0 saturated carbocycles. The van der Waals surface area contributed by atoms with Crippen molar-refractivity contribution < 1.29 is 4.79 Å². The lowest BCUT2D eigenvalue weighted by Crippen LogP contribution is -2.01. The molecule has 1 aromatic heterocycles. The molecule has 5 heteroatoms. The standard InChI is InChI=1S/C15H10BrClN2O/c16-11-5-4-8(6-13(11)18)15(20)10-7-19-14-9(10)2-1-3-12(14)17/h1-7,19H,18H2. The number of H-pyrrole nitrogens is 1. The lowest BCUT2D eigenvalue weighted by atomic mass is 10.0. The van der Waals surface area contributed by atoms with Crippen LogP contribution in [0.5, 0.6) is 0 Å². The van der Waals surface area contributed by atoms with Crippen LogP contribution in [0.4, 0.5) is 5.69 Å². The average molecular weight is 350 g/mol. The Bertz CT molecular complexity index is 826. The third-order valence-corrected chi connectivity index (χ3v) is 4.20. The number of halogens is 2. The van der Waals surface area contributed by atoms with Crippen molar-refractivity contribution in [2.24, 2.45) is 0 Å². The fourth-order valence-electron chi connectivity index (χ4n) is 2.15. The van der Waals surface area contributed by atoms with Crippen LogP contribution in [-0.4, -0.2) is 10.8 Å². The van der Waals surface area contributed by atoms with Gasteiger partial charge in [0.2, 0.25) is 0 Å². The Morgan fingerprint density at radius 3 is 2.80 bits per heavy atom. The minimum absolute atomic E-state index is 0.0854. The van der Waals surface area contributed by atoms with Crippen LogP contribution in [0.15, 0.2) is 47.1 Å². The molecule has 0 unspecified atom stereocenters. The number of benzene rings is 2. The zero-order valence-electron chi connectivity index (χ0n) is 10.3. The maximum atomic E-state index is 12.6. The highest BCUT2D eigenvalue weighted by atomic mass is 79.9. The van der Waals surface area contributed by atoms with Gasteiger partial charge in [0, 0.05) is 32.9 Å². The largest absolute Gasteiger partial charge is 0.398 e. The second kappa shape index (κ2) is 4.96. The maximum Gasteiger partial charge on any atom is 0.195 e. The van der Waals surface area contributed by atoms with E-state index in [1.165, 1.54) is 0 Å². The normalized spacial score (nSPS) is 10.9. The number of carbonyl (C=O) groups is 1. The fourth-order valence-corrected chi connectivity index (χ4v) is 2.62. The van der Waals surface area contributed by atoms with Crippen molar-refractivity contribution in [3.8, 4) is 0 Å². The summed E-state index contributed by atoms with van der Waals surface area (Å²) in [6, 6.07) is 10.6. The molecule has 0 aliphatic carbocycles. The summed E-state index contributed by atoms with van der Waals surface area (Å²) in [5, 5.41) is 1.40. The minimum atomic E-state index is -0.0854. The van der Waals surface area contributed by atoms with Gasteiger partial charge < -0.3 is 10.7 Å². The monoisotopic (exact) mass is 348 g/mol. The Balaban J connectivity index is 2.13. The number of hydrogen-bond acceptors (Lipinski definition) is 2. The number of nitrogens with one attached hydrogen (secondary N) is 1. The second-order valence-electron chi connectivity index (χ2n) is 4.43. The molecule has 2 aromatic carbocycles. The Morgan fingerprint density at radius 1 is 1.25 bits per heavy atom. The first-order chi connectivity index (χ1) is 9.58. The maximum absolute atomic E-state index is 12.6. The average Bonchev–Trinajstić information content (AvgIpc) is 2.86. The Labute approximate surface area is 128 Å². The molecule has 0 fully saturated rings. The fraction of sp³-hybridized carbons (Fsp3) is 0. The van der Waals surface area contributed by atoms with E-state index in [-0.39, 0.29) is 5.78 Å². The van der Waals surface area contributed by atoms with E-state index >= 15 is 0 Å². The number of aromatic amines is 1. The van der Waals surface area contributed by atoms with Crippen LogP contribution in [0, 0.1) is 0 Å². The highest BCUT2D eigenvalue weighted by molar-refractivity contribution is 9.10.